The Bertz CT molecular complexity index is 687. The summed E-state index contributed by atoms with van der Waals surface area (Å²) < 4.78 is 0. The van der Waals surface area contributed by atoms with Crippen molar-refractivity contribution in [2.75, 3.05) is 36.2 Å². The molecule has 4 rings (SSSR count). The minimum absolute atomic E-state index is 0. The van der Waals surface area contributed by atoms with E-state index in [9.17, 15) is 14.9 Å². The molecule has 2 saturated heterocycles. The van der Waals surface area contributed by atoms with Gasteiger partial charge in [-0.15, -0.1) is 36.6 Å². The number of thioether (sulfide) groups is 1. The third-order valence-corrected chi connectivity index (χ3v) is 6.09. The van der Waals surface area contributed by atoms with Gasteiger partial charge in [-0.2, -0.15) is 0 Å². The number of nitro benzene ring substituents is 1. The van der Waals surface area contributed by atoms with Crippen LogP contribution in [-0.2, 0) is 11.2 Å². The molecule has 1 N–H and O–H groups in total. The van der Waals surface area contributed by atoms with Crippen LogP contribution < -0.4 is 10.2 Å². The zero-order chi connectivity index (χ0) is 16.7. The van der Waals surface area contributed by atoms with E-state index in [0.717, 1.165) is 55.4 Å². The molecule has 0 unspecified atom stereocenters. The lowest BCUT2D eigenvalue weighted by atomic mass is 10.1. The van der Waals surface area contributed by atoms with E-state index in [2.05, 4.69) is 10.2 Å². The summed E-state index contributed by atoms with van der Waals surface area (Å²) in [6, 6.07) is 5.20. The van der Waals surface area contributed by atoms with E-state index in [1.807, 2.05) is 11.0 Å². The topological polar surface area (TPSA) is 78.7 Å². The lowest BCUT2D eigenvalue weighted by Gasteiger charge is -2.26. The molecule has 26 heavy (non-hydrogen) atoms. The molecule has 3 aliphatic rings. The Labute approximate surface area is 168 Å². The second-order valence-corrected chi connectivity index (χ2v) is 7.58. The van der Waals surface area contributed by atoms with E-state index in [1.165, 1.54) is 0 Å². The molecule has 144 valence electrons. The van der Waals surface area contributed by atoms with E-state index in [0.29, 0.717) is 0 Å². The van der Waals surface area contributed by atoms with Crippen LogP contribution in [0, 0.1) is 10.1 Å². The molecule has 0 spiro atoms. The first-order chi connectivity index (χ1) is 11.6. The van der Waals surface area contributed by atoms with Gasteiger partial charge in [0.2, 0.25) is 5.91 Å². The summed E-state index contributed by atoms with van der Waals surface area (Å²) in [6.07, 6.45) is 1.67. The Morgan fingerprint density at radius 1 is 1.31 bits per heavy atom. The number of hydrogen-bond donors (Lipinski definition) is 1. The fourth-order valence-electron chi connectivity index (χ4n) is 3.84. The van der Waals surface area contributed by atoms with Crippen LogP contribution in [0.5, 0.6) is 0 Å². The number of fused-ring (bicyclic) bond motifs is 1. The Morgan fingerprint density at radius 3 is 2.81 bits per heavy atom. The number of nitrogens with zero attached hydrogens (tertiary/aromatic N) is 3. The van der Waals surface area contributed by atoms with Crippen molar-refractivity contribution in [2.45, 2.75) is 24.9 Å². The normalized spacial score (nSPS) is 24.0. The average Bonchev–Trinajstić information content (AvgIpc) is 3.32. The standard InChI is InChI=1S/C16H20N4O3S.2ClH/c21-16(18-5-6-24-10-18)14-7-13(9-17-14)19-4-3-11-1-2-12(20(22)23)8-15(11)19;;/h1-2,8,13-14,17H,3-7,9-10H2;2*1H/t13-,14-;;/m0../s1. The Morgan fingerprint density at radius 2 is 2.12 bits per heavy atom. The number of nitrogens with one attached hydrogen (secondary N) is 1. The van der Waals surface area contributed by atoms with Gasteiger partial charge < -0.3 is 15.1 Å². The quantitative estimate of drug-likeness (QED) is 0.595. The predicted molar refractivity (Wildman–Crippen MR) is 108 cm³/mol. The molecule has 3 heterocycles. The first kappa shape index (κ1) is 21.1. The van der Waals surface area contributed by atoms with Crippen LogP contribution in [-0.4, -0.2) is 59.1 Å². The zero-order valence-corrected chi connectivity index (χ0v) is 16.6. The van der Waals surface area contributed by atoms with Crippen LogP contribution in [0.2, 0.25) is 0 Å². The lowest BCUT2D eigenvalue weighted by molar-refractivity contribution is -0.384. The second kappa shape index (κ2) is 8.65. The van der Waals surface area contributed by atoms with Crippen LogP contribution in [0.4, 0.5) is 11.4 Å². The van der Waals surface area contributed by atoms with Crippen LogP contribution >= 0.6 is 36.6 Å². The van der Waals surface area contributed by atoms with Gasteiger partial charge in [-0.05, 0) is 18.4 Å². The van der Waals surface area contributed by atoms with Gasteiger partial charge in [0, 0.05) is 49.2 Å². The molecular weight excluding hydrogens is 399 g/mol. The third kappa shape index (κ3) is 3.88. The van der Waals surface area contributed by atoms with Crippen molar-refractivity contribution in [3.63, 3.8) is 0 Å². The van der Waals surface area contributed by atoms with Gasteiger partial charge in [0.25, 0.3) is 5.69 Å². The fraction of sp³-hybridized carbons (Fsp3) is 0.562. The maximum Gasteiger partial charge on any atom is 0.271 e. The number of amides is 1. The second-order valence-electron chi connectivity index (χ2n) is 6.50. The van der Waals surface area contributed by atoms with E-state index in [1.54, 1.807) is 23.9 Å². The summed E-state index contributed by atoms with van der Waals surface area (Å²) >= 11 is 1.79. The summed E-state index contributed by atoms with van der Waals surface area (Å²) in [6.45, 7) is 2.45. The molecule has 0 bridgehead atoms. The Kier molecular flexibility index (Phi) is 7.01. The van der Waals surface area contributed by atoms with Crippen LogP contribution in [0.1, 0.15) is 12.0 Å². The van der Waals surface area contributed by atoms with Crippen molar-refractivity contribution in [3.05, 3.63) is 33.9 Å². The summed E-state index contributed by atoms with van der Waals surface area (Å²) in [5.41, 5.74) is 2.25. The first-order valence-electron chi connectivity index (χ1n) is 8.27. The molecular formula is C16H22Cl2N4O3S. The van der Waals surface area contributed by atoms with Gasteiger partial charge in [-0.25, -0.2) is 0 Å². The molecule has 10 heteroatoms. The molecule has 2 atom stereocenters. The number of halogens is 2. The highest BCUT2D eigenvalue weighted by Crippen LogP contribution is 2.35. The maximum atomic E-state index is 12.5. The van der Waals surface area contributed by atoms with Gasteiger partial charge >= 0.3 is 0 Å². The number of nitro groups is 1. The van der Waals surface area contributed by atoms with Gasteiger partial charge in [-0.3, -0.25) is 14.9 Å². The van der Waals surface area contributed by atoms with Crippen LogP contribution in [0.3, 0.4) is 0 Å². The lowest BCUT2D eigenvalue weighted by Crippen LogP contribution is -2.42. The number of benzene rings is 1. The van der Waals surface area contributed by atoms with Crippen molar-refractivity contribution < 1.29 is 9.72 Å². The van der Waals surface area contributed by atoms with Crippen molar-refractivity contribution >= 4 is 53.9 Å². The van der Waals surface area contributed by atoms with E-state index in [-0.39, 0.29) is 53.4 Å². The van der Waals surface area contributed by atoms with Crippen molar-refractivity contribution in [1.82, 2.24) is 10.2 Å². The number of rotatable bonds is 3. The minimum atomic E-state index is -0.346. The van der Waals surface area contributed by atoms with E-state index >= 15 is 0 Å². The monoisotopic (exact) mass is 420 g/mol. The predicted octanol–water partition coefficient (Wildman–Crippen LogP) is 2.06. The van der Waals surface area contributed by atoms with Gasteiger partial charge in [0.05, 0.1) is 16.8 Å². The summed E-state index contributed by atoms with van der Waals surface area (Å²) in [5.74, 6) is 2.01. The van der Waals surface area contributed by atoms with E-state index < -0.39 is 0 Å². The number of hydrogen-bond acceptors (Lipinski definition) is 6. The number of carbonyl (C=O) groups excluding carboxylic acids is 1. The van der Waals surface area contributed by atoms with Crippen LogP contribution in [0.15, 0.2) is 18.2 Å². The molecule has 0 aliphatic carbocycles. The Balaban J connectivity index is 0.00000121. The maximum absolute atomic E-state index is 12.5. The Hall–Kier alpha value is -1.22. The first-order valence-corrected chi connectivity index (χ1v) is 9.43. The van der Waals surface area contributed by atoms with Crippen molar-refractivity contribution in [3.8, 4) is 0 Å². The summed E-state index contributed by atoms with van der Waals surface area (Å²) in [4.78, 5) is 27.4. The number of non-ortho nitro benzene ring substituents is 1. The molecule has 1 aromatic carbocycles. The molecule has 0 radical (unpaired) electrons. The fourth-order valence-corrected chi connectivity index (χ4v) is 4.79. The molecule has 1 amide bonds. The summed E-state index contributed by atoms with van der Waals surface area (Å²) in [5, 5.41) is 14.4. The van der Waals surface area contributed by atoms with Crippen molar-refractivity contribution in [2.24, 2.45) is 0 Å². The smallest absolute Gasteiger partial charge is 0.271 e. The van der Waals surface area contributed by atoms with Gasteiger partial charge in [0.15, 0.2) is 0 Å². The minimum Gasteiger partial charge on any atom is -0.366 e. The zero-order valence-electron chi connectivity index (χ0n) is 14.1. The van der Waals surface area contributed by atoms with Crippen molar-refractivity contribution in [1.29, 1.82) is 0 Å². The summed E-state index contributed by atoms with van der Waals surface area (Å²) in [7, 11) is 0. The molecule has 1 aromatic rings. The highest BCUT2D eigenvalue weighted by atomic mass is 35.5. The largest absolute Gasteiger partial charge is 0.366 e. The molecule has 2 fully saturated rings. The molecule has 7 nitrogen and oxygen atoms in total. The highest BCUT2D eigenvalue weighted by molar-refractivity contribution is 7.99. The average molecular weight is 421 g/mol. The number of carbonyl (C=O) groups is 1. The third-order valence-electron chi connectivity index (χ3n) is 5.12. The van der Waals surface area contributed by atoms with E-state index in [4.69, 9.17) is 0 Å². The number of anilines is 1. The SMILES string of the molecule is Cl.Cl.O=C([C@@H]1C[C@H](N2CCc3ccc([N+](=O)[O-])cc32)CN1)N1CCSC1. The van der Waals surface area contributed by atoms with Gasteiger partial charge in [-0.1, -0.05) is 6.07 Å². The molecule has 0 aromatic heterocycles. The van der Waals surface area contributed by atoms with Gasteiger partial charge in [0.1, 0.15) is 0 Å². The highest BCUT2D eigenvalue weighted by Gasteiger charge is 2.38. The molecule has 3 aliphatic heterocycles. The molecule has 0 saturated carbocycles. The van der Waals surface area contributed by atoms with Crippen LogP contribution in [0.25, 0.3) is 0 Å².